The Labute approximate surface area is 134 Å². The minimum Gasteiger partial charge on any atom is -0.496 e. The first kappa shape index (κ1) is 15.3. The molecule has 4 nitrogen and oxygen atoms in total. The highest BCUT2D eigenvalue weighted by atomic mass is 19.1. The number of benzene rings is 2. The van der Waals surface area contributed by atoms with Gasteiger partial charge in [-0.15, -0.1) is 0 Å². The second kappa shape index (κ2) is 6.69. The normalized spacial score (nSPS) is 19.0. The first-order valence-corrected chi connectivity index (χ1v) is 7.48. The number of hydrogen-bond acceptors (Lipinski definition) is 3. The summed E-state index contributed by atoms with van der Waals surface area (Å²) in [4.78, 5) is 11.9. The molecule has 1 aliphatic rings. The summed E-state index contributed by atoms with van der Waals surface area (Å²) >= 11 is 0. The molecule has 0 aromatic heterocycles. The summed E-state index contributed by atoms with van der Waals surface area (Å²) < 4.78 is 24.0. The SMILES string of the molecule is COc1ccccc1[C@@H]1C[C@H]1NC(=O)COc1ccccc1F. The molecule has 0 bridgehead atoms. The number of nitrogens with one attached hydrogen (secondary N) is 1. The lowest BCUT2D eigenvalue weighted by Gasteiger charge is -2.09. The molecule has 0 heterocycles. The van der Waals surface area contributed by atoms with Crippen molar-refractivity contribution in [3.8, 4) is 11.5 Å². The van der Waals surface area contributed by atoms with Gasteiger partial charge in [0.05, 0.1) is 7.11 Å². The van der Waals surface area contributed by atoms with Crippen LogP contribution in [0.2, 0.25) is 0 Å². The molecule has 120 valence electrons. The van der Waals surface area contributed by atoms with Crippen LogP contribution in [0.4, 0.5) is 4.39 Å². The fourth-order valence-electron chi connectivity index (χ4n) is 2.62. The molecule has 1 saturated carbocycles. The number of carbonyl (C=O) groups excluding carboxylic acids is 1. The molecule has 1 amide bonds. The number of para-hydroxylation sites is 2. The monoisotopic (exact) mass is 315 g/mol. The van der Waals surface area contributed by atoms with E-state index < -0.39 is 5.82 Å². The standard InChI is InChI=1S/C18H18FNO3/c1-22-16-8-4-2-6-12(16)13-10-15(13)20-18(21)11-23-17-9-5-3-7-14(17)19/h2-9,13,15H,10-11H2,1H3,(H,20,21)/t13-,15+/m0/s1. The van der Waals surface area contributed by atoms with Crippen molar-refractivity contribution in [2.45, 2.75) is 18.4 Å². The van der Waals surface area contributed by atoms with Gasteiger partial charge >= 0.3 is 0 Å². The number of amides is 1. The minimum absolute atomic E-state index is 0.0722. The topological polar surface area (TPSA) is 47.6 Å². The second-order valence-electron chi connectivity index (χ2n) is 5.48. The van der Waals surface area contributed by atoms with Crippen LogP contribution in [-0.4, -0.2) is 25.7 Å². The second-order valence-corrected chi connectivity index (χ2v) is 5.48. The van der Waals surface area contributed by atoms with E-state index in [1.807, 2.05) is 24.3 Å². The van der Waals surface area contributed by atoms with Crippen molar-refractivity contribution in [2.24, 2.45) is 0 Å². The Kier molecular flexibility index (Phi) is 4.46. The molecule has 2 atom stereocenters. The quantitative estimate of drug-likeness (QED) is 0.891. The van der Waals surface area contributed by atoms with Crippen molar-refractivity contribution < 1.29 is 18.7 Å². The van der Waals surface area contributed by atoms with Gasteiger partial charge in [-0.05, 0) is 30.2 Å². The highest BCUT2D eigenvalue weighted by Crippen LogP contribution is 2.44. The van der Waals surface area contributed by atoms with E-state index in [9.17, 15) is 9.18 Å². The lowest BCUT2D eigenvalue weighted by Crippen LogP contribution is -2.31. The molecule has 0 saturated heterocycles. The van der Waals surface area contributed by atoms with Gasteiger partial charge in [-0.2, -0.15) is 0 Å². The van der Waals surface area contributed by atoms with Crippen LogP contribution < -0.4 is 14.8 Å². The van der Waals surface area contributed by atoms with Gasteiger partial charge in [0.25, 0.3) is 5.91 Å². The number of carbonyl (C=O) groups is 1. The van der Waals surface area contributed by atoms with Crippen molar-refractivity contribution in [3.63, 3.8) is 0 Å². The molecule has 0 radical (unpaired) electrons. The molecule has 1 fully saturated rings. The number of rotatable bonds is 6. The number of hydrogen-bond donors (Lipinski definition) is 1. The van der Waals surface area contributed by atoms with Crippen LogP contribution in [-0.2, 0) is 4.79 Å². The minimum atomic E-state index is -0.473. The Morgan fingerprint density at radius 1 is 1.17 bits per heavy atom. The largest absolute Gasteiger partial charge is 0.496 e. The van der Waals surface area contributed by atoms with Gasteiger partial charge in [-0.3, -0.25) is 4.79 Å². The fourth-order valence-corrected chi connectivity index (χ4v) is 2.62. The van der Waals surface area contributed by atoms with Crippen LogP contribution in [0.5, 0.6) is 11.5 Å². The highest BCUT2D eigenvalue weighted by molar-refractivity contribution is 5.78. The Hall–Kier alpha value is -2.56. The third kappa shape index (κ3) is 3.62. The van der Waals surface area contributed by atoms with E-state index in [1.165, 1.54) is 12.1 Å². The Balaban J connectivity index is 1.51. The van der Waals surface area contributed by atoms with Crippen molar-refractivity contribution in [2.75, 3.05) is 13.7 Å². The summed E-state index contributed by atoms with van der Waals surface area (Å²) in [7, 11) is 1.64. The lowest BCUT2D eigenvalue weighted by molar-refractivity contribution is -0.123. The average molecular weight is 315 g/mol. The zero-order valence-corrected chi connectivity index (χ0v) is 12.8. The van der Waals surface area contributed by atoms with Gasteiger partial charge in [0.2, 0.25) is 0 Å². The van der Waals surface area contributed by atoms with Crippen molar-refractivity contribution in [1.82, 2.24) is 5.32 Å². The van der Waals surface area contributed by atoms with E-state index in [0.717, 1.165) is 17.7 Å². The van der Waals surface area contributed by atoms with Crippen LogP contribution >= 0.6 is 0 Å². The van der Waals surface area contributed by atoms with Gasteiger partial charge in [0.15, 0.2) is 18.2 Å². The van der Waals surface area contributed by atoms with Crippen LogP contribution in [0.15, 0.2) is 48.5 Å². The van der Waals surface area contributed by atoms with Gasteiger partial charge in [0.1, 0.15) is 5.75 Å². The molecule has 3 rings (SSSR count). The molecule has 1 aliphatic carbocycles. The van der Waals surface area contributed by atoms with E-state index in [2.05, 4.69) is 5.32 Å². The van der Waals surface area contributed by atoms with Crippen LogP contribution in [0, 0.1) is 5.82 Å². The molecule has 23 heavy (non-hydrogen) atoms. The highest BCUT2D eigenvalue weighted by Gasteiger charge is 2.41. The van der Waals surface area contributed by atoms with Crippen molar-refractivity contribution in [1.29, 1.82) is 0 Å². The Morgan fingerprint density at radius 3 is 2.61 bits per heavy atom. The zero-order chi connectivity index (χ0) is 16.2. The van der Waals surface area contributed by atoms with Gasteiger partial charge < -0.3 is 14.8 Å². The molecular weight excluding hydrogens is 297 g/mol. The Bertz CT molecular complexity index is 704. The zero-order valence-electron chi connectivity index (χ0n) is 12.8. The molecule has 5 heteroatoms. The molecule has 1 N–H and O–H groups in total. The maximum absolute atomic E-state index is 13.4. The van der Waals surface area contributed by atoms with Gasteiger partial charge in [-0.1, -0.05) is 30.3 Å². The molecule has 2 aromatic rings. The van der Waals surface area contributed by atoms with E-state index in [1.54, 1.807) is 19.2 Å². The Morgan fingerprint density at radius 2 is 1.87 bits per heavy atom. The van der Waals surface area contributed by atoms with Crippen LogP contribution in [0.3, 0.4) is 0 Å². The average Bonchev–Trinajstić information content (AvgIpc) is 3.33. The van der Waals surface area contributed by atoms with Gasteiger partial charge in [-0.25, -0.2) is 4.39 Å². The summed E-state index contributed by atoms with van der Waals surface area (Å²) in [6.07, 6.45) is 0.867. The summed E-state index contributed by atoms with van der Waals surface area (Å²) in [6.45, 7) is -0.198. The predicted octanol–water partition coefficient (Wildman–Crippen LogP) is 2.89. The third-order valence-electron chi connectivity index (χ3n) is 3.87. The van der Waals surface area contributed by atoms with E-state index in [-0.39, 0.29) is 30.2 Å². The van der Waals surface area contributed by atoms with Gasteiger partial charge in [0, 0.05) is 12.0 Å². The summed E-state index contributed by atoms with van der Waals surface area (Å²) in [5, 5.41) is 2.90. The number of halogens is 1. The predicted molar refractivity (Wildman–Crippen MR) is 84.2 cm³/mol. The lowest BCUT2D eigenvalue weighted by atomic mass is 10.1. The van der Waals surface area contributed by atoms with E-state index >= 15 is 0 Å². The van der Waals surface area contributed by atoms with E-state index in [0.29, 0.717) is 0 Å². The van der Waals surface area contributed by atoms with Crippen LogP contribution in [0.25, 0.3) is 0 Å². The third-order valence-corrected chi connectivity index (χ3v) is 3.87. The maximum atomic E-state index is 13.4. The first-order chi connectivity index (χ1) is 11.2. The molecule has 2 aromatic carbocycles. The fraction of sp³-hybridized carbons (Fsp3) is 0.278. The van der Waals surface area contributed by atoms with E-state index in [4.69, 9.17) is 9.47 Å². The summed E-state index contributed by atoms with van der Waals surface area (Å²) in [6, 6.07) is 13.9. The molecule has 0 spiro atoms. The van der Waals surface area contributed by atoms with Crippen molar-refractivity contribution in [3.05, 3.63) is 59.9 Å². The van der Waals surface area contributed by atoms with Crippen molar-refractivity contribution >= 4 is 5.91 Å². The summed E-state index contributed by atoms with van der Waals surface area (Å²) in [5.74, 6) is 0.439. The number of ether oxygens (including phenoxy) is 2. The molecular formula is C18H18FNO3. The molecule has 0 unspecified atom stereocenters. The first-order valence-electron chi connectivity index (χ1n) is 7.48. The maximum Gasteiger partial charge on any atom is 0.258 e. The van der Waals surface area contributed by atoms with Crippen LogP contribution in [0.1, 0.15) is 17.9 Å². The smallest absolute Gasteiger partial charge is 0.258 e. The summed E-state index contributed by atoms with van der Waals surface area (Å²) in [5.41, 5.74) is 1.09. The number of methoxy groups -OCH3 is 1. The molecule has 0 aliphatic heterocycles.